The highest BCUT2D eigenvalue weighted by molar-refractivity contribution is 7.13. The van der Waals surface area contributed by atoms with E-state index in [-0.39, 0.29) is 5.78 Å². The van der Waals surface area contributed by atoms with E-state index in [4.69, 9.17) is 0 Å². The molecular formula is C20H21N2OS+. The Hall–Kier alpha value is -2.46. The number of thiazole rings is 1. The van der Waals surface area contributed by atoms with Crippen molar-refractivity contribution in [2.75, 3.05) is 5.32 Å². The first kappa shape index (κ1) is 16.4. The molecule has 0 fully saturated rings. The summed E-state index contributed by atoms with van der Waals surface area (Å²) in [5, 5.41) is 6.44. The van der Waals surface area contributed by atoms with Crippen molar-refractivity contribution in [2.45, 2.75) is 27.3 Å². The largest absolute Gasteiger partial charge is 0.339 e. The second-order valence-electron chi connectivity index (χ2n) is 6.00. The summed E-state index contributed by atoms with van der Waals surface area (Å²) in [6, 6.07) is 16.0. The van der Waals surface area contributed by atoms with Gasteiger partial charge in [0.25, 0.3) is 0 Å². The van der Waals surface area contributed by atoms with Crippen LogP contribution in [0.25, 0.3) is 0 Å². The molecule has 0 aliphatic carbocycles. The van der Waals surface area contributed by atoms with Crippen LogP contribution in [0.1, 0.15) is 27.2 Å². The molecule has 0 spiro atoms. The molecule has 0 unspecified atom stereocenters. The predicted molar refractivity (Wildman–Crippen MR) is 99.2 cm³/mol. The lowest BCUT2D eigenvalue weighted by molar-refractivity contribution is -0.670. The Morgan fingerprint density at radius 2 is 1.83 bits per heavy atom. The van der Waals surface area contributed by atoms with Gasteiger partial charge < -0.3 is 0 Å². The lowest BCUT2D eigenvalue weighted by Gasteiger charge is -2.07. The number of aromatic nitrogens is 1. The molecule has 3 nitrogen and oxygen atoms in total. The summed E-state index contributed by atoms with van der Waals surface area (Å²) in [5.74, 6) is 0.134. The molecule has 1 heterocycles. The van der Waals surface area contributed by atoms with E-state index in [0.29, 0.717) is 6.54 Å². The fraction of sp³-hybridized carbons (Fsp3) is 0.200. The zero-order valence-corrected chi connectivity index (χ0v) is 15.0. The topological polar surface area (TPSA) is 33.0 Å². The fourth-order valence-electron chi connectivity index (χ4n) is 2.72. The average molecular weight is 337 g/mol. The molecule has 2 aromatic carbocycles. The molecule has 0 aliphatic rings. The number of hydrogen-bond acceptors (Lipinski definition) is 3. The molecule has 0 aliphatic heterocycles. The van der Waals surface area contributed by atoms with E-state index in [1.54, 1.807) is 11.3 Å². The quantitative estimate of drug-likeness (QED) is 0.546. The number of ketones is 1. The Kier molecular flexibility index (Phi) is 4.76. The normalized spacial score (nSPS) is 10.6. The van der Waals surface area contributed by atoms with Gasteiger partial charge in [0.2, 0.25) is 5.78 Å². The van der Waals surface area contributed by atoms with E-state index >= 15 is 0 Å². The van der Waals surface area contributed by atoms with Crippen molar-refractivity contribution in [3.05, 3.63) is 76.3 Å². The summed E-state index contributed by atoms with van der Waals surface area (Å²) >= 11 is 1.61. The van der Waals surface area contributed by atoms with Crippen molar-refractivity contribution in [1.29, 1.82) is 0 Å². The molecule has 1 aromatic heterocycles. The standard InChI is InChI=1S/C20H20N2OS/c1-14-9-10-18(15(2)11-14)19(23)12-22-16(3)13-24-20(22)21-17-7-5-4-6-8-17/h4-11,13H,12H2,1-3H3/p+1. The van der Waals surface area contributed by atoms with E-state index in [2.05, 4.69) is 16.8 Å². The van der Waals surface area contributed by atoms with E-state index < -0.39 is 0 Å². The van der Waals surface area contributed by atoms with Gasteiger partial charge in [0.1, 0.15) is 11.4 Å². The highest BCUT2D eigenvalue weighted by Gasteiger charge is 2.20. The first-order chi connectivity index (χ1) is 11.5. The monoisotopic (exact) mass is 337 g/mol. The van der Waals surface area contributed by atoms with Crippen LogP contribution in [0.15, 0.2) is 53.9 Å². The van der Waals surface area contributed by atoms with Crippen LogP contribution in [-0.4, -0.2) is 5.78 Å². The van der Waals surface area contributed by atoms with Crippen LogP contribution in [0.2, 0.25) is 0 Å². The number of carbonyl (C=O) groups is 1. The van der Waals surface area contributed by atoms with Crippen molar-refractivity contribution in [3.8, 4) is 0 Å². The Morgan fingerprint density at radius 3 is 2.54 bits per heavy atom. The number of para-hydroxylation sites is 1. The van der Waals surface area contributed by atoms with Crippen LogP contribution >= 0.6 is 11.3 Å². The first-order valence-corrected chi connectivity index (χ1v) is 8.83. The smallest absolute Gasteiger partial charge is 0.290 e. The highest BCUT2D eigenvalue weighted by Crippen LogP contribution is 2.20. The molecule has 1 N–H and O–H groups in total. The molecule has 0 atom stereocenters. The Morgan fingerprint density at radius 1 is 1.08 bits per heavy atom. The molecule has 3 aromatic rings. The van der Waals surface area contributed by atoms with Gasteiger partial charge in [-0.1, -0.05) is 53.3 Å². The number of anilines is 2. The lowest BCUT2D eigenvalue weighted by Crippen LogP contribution is -2.40. The predicted octanol–water partition coefficient (Wildman–Crippen LogP) is 4.59. The van der Waals surface area contributed by atoms with Crippen molar-refractivity contribution >= 4 is 27.9 Å². The summed E-state index contributed by atoms with van der Waals surface area (Å²) in [6.07, 6.45) is 0. The van der Waals surface area contributed by atoms with Crippen LogP contribution in [0.5, 0.6) is 0 Å². The maximum Gasteiger partial charge on any atom is 0.339 e. The maximum absolute atomic E-state index is 12.8. The van der Waals surface area contributed by atoms with Gasteiger partial charge >= 0.3 is 5.13 Å². The fourth-order valence-corrected chi connectivity index (χ4v) is 3.64. The van der Waals surface area contributed by atoms with Gasteiger partial charge in [0.05, 0.1) is 0 Å². The minimum absolute atomic E-state index is 0.134. The van der Waals surface area contributed by atoms with Crippen LogP contribution in [0, 0.1) is 20.8 Å². The third-order valence-corrected chi connectivity index (χ3v) is 5.03. The van der Waals surface area contributed by atoms with E-state index in [9.17, 15) is 4.79 Å². The molecule has 0 saturated carbocycles. The number of nitrogens with zero attached hydrogens (tertiary/aromatic N) is 1. The molecule has 4 heteroatoms. The Bertz CT molecular complexity index is 869. The van der Waals surface area contributed by atoms with E-state index in [1.165, 1.54) is 5.56 Å². The zero-order valence-electron chi connectivity index (χ0n) is 14.2. The minimum atomic E-state index is 0.134. The third kappa shape index (κ3) is 3.54. The summed E-state index contributed by atoms with van der Waals surface area (Å²) in [5.41, 5.74) is 5.11. The van der Waals surface area contributed by atoms with Gasteiger partial charge in [-0.2, -0.15) is 0 Å². The molecule has 0 radical (unpaired) electrons. The molecular weight excluding hydrogens is 316 g/mol. The zero-order chi connectivity index (χ0) is 17.1. The molecule has 0 amide bonds. The lowest BCUT2D eigenvalue weighted by atomic mass is 10.0. The van der Waals surface area contributed by atoms with Gasteiger partial charge in [-0.15, -0.1) is 0 Å². The summed E-state index contributed by atoms with van der Waals surface area (Å²) < 4.78 is 2.04. The summed E-state index contributed by atoms with van der Waals surface area (Å²) in [6.45, 7) is 6.41. The van der Waals surface area contributed by atoms with Crippen molar-refractivity contribution in [2.24, 2.45) is 0 Å². The van der Waals surface area contributed by atoms with Gasteiger partial charge in [0.15, 0.2) is 6.54 Å². The Labute approximate surface area is 146 Å². The number of Topliss-reactive ketones (excluding diaryl/α,β-unsaturated/α-hetero) is 1. The number of hydrogen-bond donors (Lipinski definition) is 1. The van der Waals surface area contributed by atoms with Crippen LogP contribution < -0.4 is 9.88 Å². The number of carbonyl (C=O) groups excluding carboxylic acids is 1. The van der Waals surface area contributed by atoms with Gasteiger partial charge in [0, 0.05) is 10.9 Å². The molecule has 0 saturated heterocycles. The summed E-state index contributed by atoms with van der Waals surface area (Å²) in [7, 11) is 0. The number of benzene rings is 2. The van der Waals surface area contributed by atoms with Crippen molar-refractivity contribution in [1.82, 2.24) is 0 Å². The average Bonchev–Trinajstić information content (AvgIpc) is 2.89. The van der Waals surface area contributed by atoms with Crippen molar-refractivity contribution < 1.29 is 9.36 Å². The maximum atomic E-state index is 12.8. The van der Waals surface area contributed by atoms with Crippen LogP contribution in [0.3, 0.4) is 0 Å². The van der Waals surface area contributed by atoms with E-state index in [0.717, 1.165) is 27.6 Å². The molecule has 3 rings (SSSR count). The third-order valence-electron chi connectivity index (χ3n) is 4.02. The van der Waals surface area contributed by atoms with Crippen molar-refractivity contribution in [3.63, 3.8) is 0 Å². The Balaban J connectivity index is 1.85. The second-order valence-corrected chi connectivity index (χ2v) is 6.86. The van der Waals surface area contributed by atoms with Gasteiger partial charge in [-0.3, -0.25) is 4.79 Å². The second kappa shape index (κ2) is 6.97. The van der Waals surface area contributed by atoms with E-state index in [1.807, 2.05) is 67.8 Å². The molecule has 24 heavy (non-hydrogen) atoms. The van der Waals surface area contributed by atoms with Crippen LogP contribution in [-0.2, 0) is 6.54 Å². The van der Waals surface area contributed by atoms with Crippen LogP contribution in [0.4, 0.5) is 10.8 Å². The number of rotatable bonds is 5. The summed E-state index contributed by atoms with van der Waals surface area (Å²) in [4.78, 5) is 12.8. The highest BCUT2D eigenvalue weighted by atomic mass is 32.1. The minimum Gasteiger partial charge on any atom is -0.290 e. The van der Waals surface area contributed by atoms with Gasteiger partial charge in [-0.05, 0) is 38.5 Å². The SMILES string of the molecule is Cc1ccc(C(=O)C[n+]2c(C)csc2Nc2ccccc2)c(C)c1. The molecule has 0 bridgehead atoms. The first-order valence-electron chi connectivity index (χ1n) is 7.95. The molecule has 122 valence electrons. The van der Waals surface area contributed by atoms with Gasteiger partial charge in [-0.25, -0.2) is 9.88 Å². The number of nitrogens with one attached hydrogen (secondary N) is 1. The number of aryl methyl sites for hydroxylation is 3.